The Morgan fingerprint density at radius 2 is 0.931 bits per heavy atom. The summed E-state index contributed by atoms with van der Waals surface area (Å²) in [6, 6.07) is 64.8. The number of rotatable bonds is 5. The van der Waals surface area contributed by atoms with Crippen molar-refractivity contribution in [3.63, 3.8) is 0 Å². The average Bonchev–Trinajstić information content (AvgIpc) is 3.87. The molecule has 12 rings (SSSR count). The van der Waals surface area contributed by atoms with E-state index in [1.807, 2.05) is 60.7 Å². The Morgan fingerprint density at radius 3 is 1.76 bits per heavy atom. The smallest absolute Gasteiger partial charge is 0.160 e. The predicted molar refractivity (Wildman–Crippen MR) is 237 cm³/mol. The normalized spacial score (nSPS) is 11.8. The number of fused-ring (bicyclic) bond motifs is 10. The second-order valence-electron chi connectivity index (χ2n) is 14.7. The lowest BCUT2D eigenvalue weighted by molar-refractivity contribution is 0.669. The molecule has 0 aliphatic rings. The molecule has 0 N–H and O–H groups in total. The van der Waals surface area contributed by atoms with E-state index in [1.165, 1.54) is 0 Å². The number of aromatic nitrogens is 3. The van der Waals surface area contributed by atoms with E-state index < -0.39 is 0 Å². The summed E-state index contributed by atoms with van der Waals surface area (Å²) >= 11 is 0. The number of nitrogens with zero attached hydrogens (tertiary/aromatic N) is 3. The van der Waals surface area contributed by atoms with E-state index >= 15 is 0 Å². The van der Waals surface area contributed by atoms with Crippen molar-refractivity contribution < 1.29 is 8.83 Å². The van der Waals surface area contributed by atoms with Crippen molar-refractivity contribution in [1.82, 2.24) is 15.0 Å². The molecule has 5 nitrogen and oxygen atoms in total. The molecular weight excluding hydrogens is 711 g/mol. The molecule has 0 aliphatic carbocycles. The molecule has 0 saturated carbocycles. The summed E-state index contributed by atoms with van der Waals surface area (Å²) in [7, 11) is 0. The van der Waals surface area contributed by atoms with Gasteiger partial charge in [0.15, 0.2) is 5.82 Å². The molecular formula is C53H31N3O2. The highest BCUT2D eigenvalue weighted by Crippen LogP contribution is 2.43. The van der Waals surface area contributed by atoms with Gasteiger partial charge in [0.1, 0.15) is 22.3 Å². The van der Waals surface area contributed by atoms with E-state index in [0.717, 1.165) is 116 Å². The molecule has 0 amide bonds. The van der Waals surface area contributed by atoms with Crippen LogP contribution in [0.1, 0.15) is 0 Å². The van der Waals surface area contributed by atoms with Gasteiger partial charge in [0.25, 0.3) is 0 Å². The molecule has 4 aromatic heterocycles. The van der Waals surface area contributed by atoms with Gasteiger partial charge in [-0.2, -0.15) is 0 Å². The molecule has 0 spiro atoms. The molecule has 0 bridgehead atoms. The fraction of sp³-hybridized carbons (Fsp3) is 0. The van der Waals surface area contributed by atoms with Gasteiger partial charge in [-0.1, -0.05) is 152 Å². The van der Waals surface area contributed by atoms with Crippen LogP contribution in [0.4, 0.5) is 0 Å². The lowest BCUT2D eigenvalue weighted by Crippen LogP contribution is -1.96. The van der Waals surface area contributed by atoms with Gasteiger partial charge in [-0.05, 0) is 42.0 Å². The highest BCUT2D eigenvalue weighted by Gasteiger charge is 2.20. The summed E-state index contributed by atoms with van der Waals surface area (Å²) in [6.45, 7) is 0. The van der Waals surface area contributed by atoms with Crippen molar-refractivity contribution in [2.24, 2.45) is 0 Å². The van der Waals surface area contributed by atoms with E-state index in [4.69, 9.17) is 23.8 Å². The fourth-order valence-corrected chi connectivity index (χ4v) is 8.50. The Hall–Kier alpha value is -7.89. The van der Waals surface area contributed by atoms with Crippen LogP contribution in [0.3, 0.4) is 0 Å². The summed E-state index contributed by atoms with van der Waals surface area (Å²) < 4.78 is 13.2. The zero-order valence-electron chi connectivity index (χ0n) is 31.1. The monoisotopic (exact) mass is 741 g/mol. The van der Waals surface area contributed by atoms with E-state index in [0.29, 0.717) is 5.82 Å². The van der Waals surface area contributed by atoms with Gasteiger partial charge in [-0.3, -0.25) is 0 Å². The van der Waals surface area contributed by atoms with Crippen molar-refractivity contribution in [3.05, 3.63) is 188 Å². The third-order valence-corrected chi connectivity index (χ3v) is 11.3. The summed E-state index contributed by atoms with van der Waals surface area (Å²) in [6.07, 6.45) is 0. The summed E-state index contributed by atoms with van der Waals surface area (Å²) in [5.41, 5.74) is 13.1. The first kappa shape index (κ1) is 32.4. The van der Waals surface area contributed by atoms with Crippen molar-refractivity contribution >= 4 is 65.6 Å². The molecule has 8 aromatic carbocycles. The topological polar surface area (TPSA) is 65.0 Å². The third kappa shape index (κ3) is 5.14. The highest BCUT2D eigenvalue weighted by atomic mass is 16.3. The van der Waals surface area contributed by atoms with E-state index in [2.05, 4.69) is 127 Å². The fourth-order valence-electron chi connectivity index (χ4n) is 8.50. The van der Waals surface area contributed by atoms with Gasteiger partial charge in [-0.25, -0.2) is 15.0 Å². The van der Waals surface area contributed by atoms with Gasteiger partial charge in [0.2, 0.25) is 0 Å². The molecule has 58 heavy (non-hydrogen) atoms. The standard InChI is InChI=1S/C53H31N3O2/c1-3-12-34(13-4-1)50-43-29-28-41-40-19-11-18-37(51(40)58-52(41)49(43)42-17-7-9-20-44(42)54-50)32-22-24-33(25-23-32)45-31-46(56-53(55-45)35-14-5-2-6-15-35)36-26-27-39-38-16-8-10-21-47(38)57-48(39)30-36/h1-31H. The van der Waals surface area contributed by atoms with Crippen LogP contribution < -0.4 is 0 Å². The van der Waals surface area contributed by atoms with Gasteiger partial charge >= 0.3 is 0 Å². The Balaban J connectivity index is 0.987. The maximum Gasteiger partial charge on any atom is 0.160 e. The van der Waals surface area contributed by atoms with Gasteiger partial charge in [0, 0.05) is 65.5 Å². The lowest BCUT2D eigenvalue weighted by Gasteiger charge is -2.10. The summed E-state index contributed by atoms with van der Waals surface area (Å²) in [5, 5.41) is 7.57. The molecule has 270 valence electrons. The Labute approximate surface area is 332 Å². The minimum absolute atomic E-state index is 0.666. The van der Waals surface area contributed by atoms with Gasteiger partial charge < -0.3 is 8.83 Å². The molecule has 0 radical (unpaired) electrons. The molecule has 0 fully saturated rings. The largest absolute Gasteiger partial charge is 0.456 e. The van der Waals surface area contributed by atoms with Gasteiger partial charge in [-0.15, -0.1) is 0 Å². The first-order valence-electron chi connectivity index (χ1n) is 19.4. The van der Waals surface area contributed by atoms with Crippen LogP contribution >= 0.6 is 0 Å². The van der Waals surface area contributed by atoms with Crippen LogP contribution in [0.2, 0.25) is 0 Å². The highest BCUT2D eigenvalue weighted by molar-refractivity contribution is 6.25. The maximum absolute atomic E-state index is 6.99. The van der Waals surface area contributed by atoms with Crippen LogP contribution in [0, 0.1) is 0 Å². The average molecular weight is 742 g/mol. The minimum Gasteiger partial charge on any atom is -0.456 e. The van der Waals surface area contributed by atoms with Crippen LogP contribution in [0.25, 0.3) is 122 Å². The van der Waals surface area contributed by atoms with E-state index in [-0.39, 0.29) is 0 Å². The number of hydrogen-bond acceptors (Lipinski definition) is 5. The first-order valence-corrected chi connectivity index (χ1v) is 19.4. The predicted octanol–water partition coefficient (Wildman–Crippen LogP) is 14.3. The number of benzene rings is 8. The van der Waals surface area contributed by atoms with Crippen molar-refractivity contribution in [1.29, 1.82) is 0 Å². The van der Waals surface area contributed by atoms with E-state index in [9.17, 15) is 0 Å². The zero-order chi connectivity index (χ0) is 38.2. The molecule has 4 heterocycles. The van der Waals surface area contributed by atoms with Crippen molar-refractivity contribution in [2.75, 3.05) is 0 Å². The molecule has 12 aromatic rings. The van der Waals surface area contributed by atoms with Crippen molar-refractivity contribution in [3.8, 4) is 56.3 Å². The summed E-state index contributed by atoms with van der Waals surface area (Å²) in [4.78, 5) is 15.3. The summed E-state index contributed by atoms with van der Waals surface area (Å²) in [5.74, 6) is 0.666. The molecule has 0 unspecified atom stereocenters. The second-order valence-corrected chi connectivity index (χ2v) is 14.7. The van der Waals surface area contributed by atoms with Crippen LogP contribution in [0.5, 0.6) is 0 Å². The SMILES string of the molecule is c1ccc(-c2nc(-c3ccc(-c4cccc5c4oc4c5ccc5c(-c6ccccc6)nc6ccccc6c54)cc3)cc(-c3ccc4c(c3)oc3ccccc34)n2)cc1. The quantitative estimate of drug-likeness (QED) is 0.164. The van der Waals surface area contributed by atoms with Gasteiger partial charge in [0.05, 0.1) is 22.6 Å². The minimum atomic E-state index is 0.666. The molecule has 0 atom stereocenters. The molecule has 0 saturated heterocycles. The zero-order valence-corrected chi connectivity index (χ0v) is 31.1. The first-order chi connectivity index (χ1) is 28.7. The molecule has 0 aliphatic heterocycles. The van der Waals surface area contributed by atoms with Crippen LogP contribution in [-0.2, 0) is 0 Å². The molecule has 5 heteroatoms. The van der Waals surface area contributed by atoms with Crippen LogP contribution in [-0.4, -0.2) is 15.0 Å². The lowest BCUT2D eigenvalue weighted by atomic mass is 9.97. The number of hydrogen-bond donors (Lipinski definition) is 0. The second kappa shape index (κ2) is 12.8. The number of furan rings is 2. The Bertz CT molecular complexity index is 3550. The maximum atomic E-state index is 6.99. The number of para-hydroxylation sites is 3. The van der Waals surface area contributed by atoms with E-state index in [1.54, 1.807) is 0 Å². The third-order valence-electron chi connectivity index (χ3n) is 11.3. The Morgan fingerprint density at radius 1 is 0.328 bits per heavy atom. The Kier molecular flexibility index (Phi) is 7.16. The number of pyridine rings is 1. The van der Waals surface area contributed by atoms with Crippen LogP contribution in [0.15, 0.2) is 197 Å². The van der Waals surface area contributed by atoms with Crippen molar-refractivity contribution in [2.45, 2.75) is 0 Å².